The second-order valence-corrected chi connectivity index (χ2v) is 6.09. The molecule has 1 amide bonds. The number of benzene rings is 1. The predicted octanol–water partition coefficient (Wildman–Crippen LogP) is 2.34. The van der Waals surface area contributed by atoms with Crippen LogP contribution in [0.4, 0.5) is 5.69 Å². The Hall–Kier alpha value is -1.26. The number of halogens is 1. The number of hydrogen-bond acceptors (Lipinski definition) is 3. The van der Waals surface area contributed by atoms with Gasteiger partial charge >= 0.3 is 0 Å². The first-order valence-electron chi connectivity index (χ1n) is 6.90. The van der Waals surface area contributed by atoms with Gasteiger partial charge in [-0.15, -0.1) is 0 Å². The van der Waals surface area contributed by atoms with Crippen LogP contribution in [0.5, 0.6) is 0 Å². The van der Waals surface area contributed by atoms with E-state index in [0.29, 0.717) is 6.54 Å². The van der Waals surface area contributed by atoms with Gasteiger partial charge in [-0.25, -0.2) is 0 Å². The van der Waals surface area contributed by atoms with Crippen molar-refractivity contribution in [2.45, 2.75) is 32.4 Å². The van der Waals surface area contributed by atoms with Gasteiger partial charge in [-0.05, 0) is 45.5 Å². The van der Waals surface area contributed by atoms with Crippen LogP contribution in [0.15, 0.2) is 18.2 Å². The molecule has 1 heterocycles. The largest absolute Gasteiger partial charge is 0.356 e. The van der Waals surface area contributed by atoms with Crippen molar-refractivity contribution >= 4 is 23.2 Å². The Kier molecular flexibility index (Phi) is 4.25. The first kappa shape index (κ1) is 15.1. The van der Waals surface area contributed by atoms with Gasteiger partial charge in [0.05, 0.1) is 0 Å². The summed E-state index contributed by atoms with van der Waals surface area (Å²) < 4.78 is 0. The molecule has 1 saturated heterocycles. The molecule has 2 rings (SSSR count). The molecule has 2 N–H and O–H groups in total. The number of rotatable bonds is 3. The minimum Gasteiger partial charge on any atom is -0.356 e. The fourth-order valence-electron chi connectivity index (χ4n) is 2.54. The van der Waals surface area contributed by atoms with Crippen molar-refractivity contribution in [3.05, 3.63) is 28.8 Å². The number of hydrogen-bond donors (Lipinski definition) is 2. The highest BCUT2D eigenvalue weighted by molar-refractivity contribution is 6.31. The van der Waals surface area contributed by atoms with Gasteiger partial charge in [0.1, 0.15) is 5.54 Å². The number of amides is 1. The maximum atomic E-state index is 12.0. The summed E-state index contributed by atoms with van der Waals surface area (Å²) in [5, 5.41) is 6.81. The molecule has 110 valence electrons. The Balaban J connectivity index is 2.34. The molecule has 0 saturated carbocycles. The molecule has 1 unspecified atom stereocenters. The highest BCUT2D eigenvalue weighted by Gasteiger charge is 2.37. The van der Waals surface area contributed by atoms with E-state index in [1.54, 1.807) is 0 Å². The van der Waals surface area contributed by atoms with Crippen LogP contribution in [0.3, 0.4) is 0 Å². The summed E-state index contributed by atoms with van der Waals surface area (Å²) in [7, 11) is 1.91. The van der Waals surface area contributed by atoms with Crippen LogP contribution in [0.2, 0.25) is 5.02 Å². The molecule has 1 aliphatic heterocycles. The second-order valence-electron chi connectivity index (χ2n) is 5.68. The molecule has 0 spiro atoms. The van der Waals surface area contributed by atoms with Gasteiger partial charge < -0.3 is 15.5 Å². The van der Waals surface area contributed by atoms with Crippen LogP contribution in [0.25, 0.3) is 0 Å². The highest BCUT2D eigenvalue weighted by Crippen LogP contribution is 2.32. The summed E-state index contributed by atoms with van der Waals surface area (Å²) >= 11 is 6.38. The molecule has 1 atom stereocenters. The van der Waals surface area contributed by atoms with Gasteiger partial charge in [0.2, 0.25) is 5.91 Å². The van der Waals surface area contributed by atoms with Crippen LogP contribution in [0, 0.1) is 0 Å². The first-order valence-corrected chi connectivity index (χ1v) is 7.28. The molecule has 4 nitrogen and oxygen atoms in total. The average molecular weight is 296 g/mol. The van der Waals surface area contributed by atoms with Gasteiger partial charge in [-0.1, -0.05) is 17.7 Å². The molecule has 5 heteroatoms. The van der Waals surface area contributed by atoms with Crippen molar-refractivity contribution in [2.75, 3.05) is 25.0 Å². The highest BCUT2D eigenvalue weighted by atomic mass is 35.5. The zero-order valence-electron chi connectivity index (χ0n) is 12.5. The van der Waals surface area contributed by atoms with Crippen molar-refractivity contribution in [1.29, 1.82) is 0 Å². The number of piperazine rings is 1. The zero-order valence-corrected chi connectivity index (χ0v) is 13.2. The van der Waals surface area contributed by atoms with Crippen LogP contribution in [-0.2, 0) is 4.79 Å². The minimum atomic E-state index is -0.558. The van der Waals surface area contributed by atoms with Gasteiger partial charge in [0.15, 0.2) is 0 Å². The molecule has 0 radical (unpaired) electrons. The van der Waals surface area contributed by atoms with E-state index in [-0.39, 0.29) is 11.9 Å². The van der Waals surface area contributed by atoms with Crippen LogP contribution >= 0.6 is 11.6 Å². The number of nitrogens with one attached hydrogen (secondary N) is 2. The van der Waals surface area contributed by atoms with E-state index in [1.807, 2.05) is 39.1 Å². The average Bonchev–Trinajstić information content (AvgIpc) is 2.41. The van der Waals surface area contributed by atoms with Gasteiger partial charge in [0.25, 0.3) is 0 Å². The van der Waals surface area contributed by atoms with Crippen LogP contribution in [-0.4, -0.2) is 31.6 Å². The zero-order chi connectivity index (χ0) is 14.9. The number of nitrogens with zero attached hydrogens (tertiary/aromatic N) is 1. The topological polar surface area (TPSA) is 44.4 Å². The molecule has 20 heavy (non-hydrogen) atoms. The predicted molar refractivity (Wildman–Crippen MR) is 83.4 cm³/mol. The van der Waals surface area contributed by atoms with E-state index in [2.05, 4.69) is 22.5 Å². The van der Waals surface area contributed by atoms with E-state index in [0.717, 1.165) is 22.8 Å². The van der Waals surface area contributed by atoms with E-state index >= 15 is 0 Å². The van der Waals surface area contributed by atoms with Crippen molar-refractivity contribution in [2.24, 2.45) is 0 Å². The molecule has 0 aliphatic carbocycles. The molecular weight excluding hydrogens is 274 g/mol. The Morgan fingerprint density at radius 3 is 2.75 bits per heavy atom. The third-order valence-corrected chi connectivity index (χ3v) is 4.37. The lowest BCUT2D eigenvalue weighted by atomic mass is 9.97. The molecular formula is C15H22ClN3O. The smallest absolute Gasteiger partial charge is 0.245 e. The fourth-order valence-corrected chi connectivity index (χ4v) is 2.88. The van der Waals surface area contributed by atoms with Gasteiger partial charge in [-0.2, -0.15) is 0 Å². The minimum absolute atomic E-state index is 0.0486. The summed E-state index contributed by atoms with van der Waals surface area (Å²) in [5.41, 5.74) is 1.50. The summed E-state index contributed by atoms with van der Waals surface area (Å²) in [5.74, 6) is 0.0486. The molecule has 0 bridgehead atoms. The van der Waals surface area contributed by atoms with Crippen LogP contribution in [0.1, 0.15) is 32.4 Å². The maximum absolute atomic E-state index is 12.0. The summed E-state index contributed by atoms with van der Waals surface area (Å²) in [4.78, 5) is 14.1. The lowest BCUT2D eigenvalue weighted by Gasteiger charge is -2.43. The van der Waals surface area contributed by atoms with Crippen molar-refractivity contribution in [3.63, 3.8) is 0 Å². The molecule has 0 aromatic heterocycles. The fraction of sp³-hybridized carbons (Fsp3) is 0.533. The molecule has 1 aromatic rings. The van der Waals surface area contributed by atoms with Crippen molar-refractivity contribution in [3.8, 4) is 0 Å². The summed E-state index contributed by atoms with van der Waals surface area (Å²) in [6, 6.07) is 6.22. The SMILES string of the molecule is CNC(C)c1ccc(N2CCNC(=O)C2(C)C)cc1Cl. The second kappa shape index (κ2) is 5.62. The lowest BCUT2D eigenvalue weighted by Crippen LogP contribution is -2.62. The normalized spacial score (nSPS) is 19.6. The van der Waals surface area contributed by atoms with E-state index in [4.69, 9.17) is 11.6 Å². The standard InChI is InChI=1S/C15H22ClN3O/c1-10(17-4)12-6-5-11(9-13(12)16)19-8-7-18-14(20)15(19,2)3/h5-6,9-10,17H,7-8H2,1-4H3,(H,18,20). The first-order chi connectivity index (χ1) is 9.37. The Morgan fingerprint density at radius 1 is 1.45 bits per heavy atom. The van der Waals surface area contributed by atoms with Gasteiger partial charge in [-0.3, -0.25) is 4.79 Å². The molecule has 1 fully saturated rings. The summed E-state index contributed by atoms with van der Waals surface area (Å²) in [6.45, 7) is 7.38. The third kappa shape index (κ3) is 2.63. The van der Waals surface area contributed by atoms with Crippen LogP contribution < -0.4 is 15.5 Å². The quantitative estimate of drug-likeness (QED) is 0.899. The lowest BCUT2D eigenvalue weighted by molar-refractivity contribution is -0.126. The Labute approximate surface area is 125 Å². The van der Waals surface area contributed by atoms with Gasteiger partial charge in [0, 0.05) is 29.8 Å². The molecule has 1 aliphatic rings. The molecule has 1 aromatic carbocycles. The maximum Gasteiger partial charge on any atom is 0.245 e. The Bertz CT molecular complexity index is 516. The van der Waals surface area contributed by atoms with E-state index in [9.17, 15) is 4.79 Å². The number of anilines is 1. The van der Waals surface area contributed by atoms with Crippen molar-refractivity contribution < 1.29 is 4.79 Å². The number of carbonyl (C=O) groups excluding carboxylic acids is 1. The number of carbonyl (C=O) groups is 1. The monoisotopic (exact) mass is 295 g/mol. The van der Waals surface area contributed by atoms with Crippen molar-refractivity contribution in [1.82, 2.24) is 10.6 Å². The Morgan fingerprint density at radius 2 is 2.15 bits per heavy atom. The third-order valence-electron chi connectivity index (χ3n) is 4.05. The van der Waals surface area contributed by atoms with E-state index < -0.39 is 5.54 Å². The van der Waals surface area contributed by atoms with E-state index in [1.165, 1.54) is 0 Å². The summed E-state index contributed by atoms with van der Waals surface area (Å²) in [6.07, 6.45) is 0.